The van der Waals surface area contributed by atoms with Crippen molar-refractivity contribution in [3.8, 4) is 5.75 Å². The molecule has 0 amide bonds. The fourth-order valence-electron chi connectivity index (χ4n) is 1.60. The van der Waals surface area contributed by atoms with Crippen LogP contribution < -0.4 is 4.74 Å². The van der Waals surface area contributed by atoms with Crippen LogP contribution in [0, 0.1) is 5.92 Å². The first-order chi connectivity index (χ1) is 7.93. The summed E-state index contributed by atoms with van der Waals surface area (Å²) in [4.78, 5) is 11.6. The lowest BCUT2D eigenvalue weighted by Crippen LogP contribution is -2.04. The lowest BCUT2D eigenvalue weighted by atomic mass is 10.1. The Morgan fingerprint density at radius 3 is 2.53 bits per heavy atom. The number of rotatable bonds is 4. The van der Waals surface area contributed by atoms with Gasteiger partial charge in [0.25, 0.3) is 9.05 Å². The Balaban J connectivity index is 2.48. The zero-order valence-corrected chi connectivity index (χ0v) is 10.7. The first-order valence-electron chi connectivity index (χ1n) is 5.10. The summed E-state index contributed by atoms with van der Waals surface area (Å²) in [6.07, 6.45) is 1.74. The number of benzene rings is 1. The molecule has 0 spiro atoms. The van der Waals surface area contributed by atoms with Crippen molar-refractivity contribution in [2.75, 3.05) is 7.11 Å². The van der Waals surface area contributed by atoms with Crippen LogP contribution in [0.1, 0.15) is 23.2 Å². The molecule has 0 bridgehead atoms. The molecule has 0 aromatic heterocycles. The number of halogens is 1. The van der Waals surface area contributed by atoms with Crippen molar-refractivity contribution in [2.24, 2.45) is 5.92 Å². The topological polar surface area (TPSA) is 60.4 Å². The average Bonchev–Trinajstić information content (AvgIpc) is 3.10. The molecule has 0 N–H and O–H groups in total. The van der Waals surface area contributed by atoms with Crippen LogP contribution >= 0.6 is 10.7 Å². The predicted octanol–water partition coefficient (Wildman–Crippen LogP) is 2.22. The molecule has 2 rings (SSSR count). The number of Topliss-reactive ketones (excluding diaryl/α,β-unsaturated/α-hetero) is 1. The van der Waals surface area contributed by atoms with Gasteiger partial charge < -0.3 is 4.74 Å². The molecule has 92 valence electrons. The molecule has 0 atom stereocenters. The molecule has 0 aliphatic heterocycles. The van der Waals surface area contributed by atoms with Gasteiger partial charge >= 0.3 is 0 Å². The molecule has 0 heterocycles. The summed E-state index contributed by atoms with van der Waals surface area (Å²) in [5, 5.41) is 0. The monoisotopic (exact) mass is 274 g/mol. The SMILES string of the molecule is COc1ccc(C(=O)C2CC2)cc1S(=O)(=O)Cl. The summed E-state index contributed by atoms with van der Waals surface area (Å²) < 4.78 is 27.6. The maximum absolute atomic E-state index is 11.8. The molecule has 1 fully saturated rings. The summed E-state index contributed by atoms with van der Waals surface area (Å²) in [5.41, 5.74) is 0.368. The Morgan fingerprint density at radius 1 is 1.41 bits per heavy atom. The standard InChI is InChI=1S/C11H11ClO4S/c1-16-9-5-4-8(11(13)7-2-3-7)6-10(9)17(12,14)15/h4-7H,2-3H2,1H3. The quantitative estimate of drug-likeness (QED) is 0.624. The number of ketones is 1. The second kappa shape index (κ2) is 4.31. The number of carbonyl (C=O) groups is 1. The average molecular weight is 275 g/mol. The zero-order valence-electron chi connectivity index (χ0n) is 9.14. The number of hydrogen-bond donors (Lipinski definition) is 0. The maximum Gasteiger partial charge on any atom is 0.265 e. The number of carbonyl (C=O) groups excluding carboxylic acids is 1. The third kappa shape index (κ3) is 2.61. The van der Waals surface area contributed by atoms with Gasteiger partial charge in [0.15, 0.2) is 5.78 Å². The van der Waals surface area contributed by atoms with Gasteiger partial charge in [0.05, 0.1) is 7.11 Å². The van der Waals surface area contributed by atoms with Crippen molar-refractivity contribution in [1.29, 1.82) is 0 Å². The Hall–Kier alpha value is -1.07. The van der Waals surface area contributed by atoms with E-state index in [1.165, 1.54) is 19.2 Å². The van der Waals surface area contributed by atoms with Crippen LogP contribution in [0.4, 0.5) is 0 Å². The van der Waals surface area contributed by atoms with Crippen molar-refractivity contribution in [1.82, 2.24) is 0 Å². The van der Waals surface area contributed by atoms with Crippen LogP contribution in [0.2, 0.25) is 0 Å². The van der Waals surface area contributed by atoms with Gasteiger partial charge in [-0.25, -0.2) is 8.42 Å². The number of hydrogen-bond acceptors (Lipinski definition) is 4. The molecule has 0 unspecified atom stereocenters. The van der Waals surface area contributed by atoms with Gasteiger partial charge in [-0.05, 0) is 31.0 Å². The highest BCUT2D eigenvalue weighted by Gasteiger charge is 2.31. The van der Waals surface area contributed by atoms with Crippen LogP contribution in [0.5, 0.6) is 5.75 Å². The van der Waals surface area contributed by atoms with E-state index < -0.39 is 9.05 Å². The predicted molar refractivity (Wildman–Crippen MR) is 63.1 cm³/mol. The smallest absolute Gasteiger partial charge is 0.265 e. The minimum atomic E-state index is -3.91. The Labute approximate surface area is 104 Å². The van der Waals surface area contributed by atoms with E-state index in [1.807, 2.05) is 0 Å². The van der Waals surface area contributed by atoms with E-state index >= 15 is 0 Å². The summed E-state index contributed by atoms with van der Waals surface area (Å²) in [6, 6.07) is 4.29. The minimum Gasteiger partial charge on any atom is -0.495 e. The highest BCUT2D eigenvalue weighted by Crippen LogP contribution is 2.35. The van der Waals surface area contributed by atoms with Crippen LogP contribution in [0.3, 0.4) is 0 Å². The highest BCUT2D eigenvalue weighted by atomic mass is 35.7. The molecular weight excluding hydrogens is 264 g/mol. The molecule has 0 saturated heterocycles. The molecule has 1 aliphatic rings. The van der Waals surface area contributed by atoms with E-state index in [1.54, 1.807) is 6.07 Å². The summed E-state index contributed by atoms with van der Waals surface area (Å²) in [5.74, 6) is 0.149. The largest absolute Gasteiger partial charge is 0.495 e. The van der Waals surface area contributed by atoms with Gasteiger partial charge in [-0.15, -0.1) is 0 Å². The summed E-state index contributed by atoms with van der Waals surface area (Å²) >= 11 is 0. The molecule has 1 aromatic carbocycles. The first-order valence-corrected chi connectivity index (χ1v) is 7.41. The number of methoxy groups -OCH3 is 1. The minimum absolute atomic E-state index is 0.0331. The van der Waals surface area contributed by atoms with E-state index in [2.05, 4.69) is 0 Å². The second-order valence-corrected chi connectivity index (χ2v) is 6.48. The first kappa shape index (κ1) is 12.4. The number of ether oxygens (including phenoxy) is 1. The van der Waals surface area contributed by atoms with Gasteiger partial charge in [0, 0.05) is 22.2 Å². The highest BCUT2D eigenvalue weighted by molar-refractivity contribution is 8.13. The van der Waals surface area contributed by atoms with Crippen LogP contribution in [0.25, 0.3) is 0 Å². The molecule has 17 heavy (non-hydrogen) atoms. The normalized spacial score (nSPS) is 15.6. The van der Waals surface area contributed by atoms with Crippen molar-refractivity contribution < 1.29 is 17.9 Å². The molecule has 6 heteroatoms. The lowest BCUT2D eigenvalue weighted by molar-refractivity contribution is 0.0967. The van der Waals surface area contributed by atoms with E-state index in [0.717, 1.165) is 12.8 Å². The van der Waals surface area contributed by atoms with Gasteiger partial charge in [0.1, 0.15) is 10.6 Å². The zero-order chi connectivity index (χ0) is 12.6. The molecular formula is C11H11ClO4S. The summed E-state index contributed by atoms with van der Waals surface area (Å²) in [7, 11) is 2.73. The molecule has 4 nitrogen and oxygen atoms in total. The molecule has 0 radical (unpaired) electrons. The second-order valence-electron chi connectivity index (χ2n) is 3.94. The lowest BCUT2D eigenvalue weighted by Gasteiger charge is -2.07. The van der Waals surface area contributed by atoms with Crippen molar-refractivity contribution in [2.45, 2.75) is 17.7 Å². The van der Waals surface area contributed by atoms with Gasteiger partial charge in [-0.3, -0.25) is 4.79 Å². The van der Waals surface area contributed by atoms with E-state index in [9.17, 15) is 13.2 Å². The van der Waals surface area contributed by atoms with Gasteiger partial charge in [-0.2, -0.15) is 0 Å². The molecule has 1 aromatic rings. The Kier molecular flexibility index (Phi) is 3.14. The maximum atomic E-state index is 11.8. The fourth-order valence-corrected chi connectivity index (χ4v) is 2.62. The third-order valence-electron chi connectivity index (χ3n) is 2.66. The van der Waals surface area contributed by atoms with Crippen molar-refractivity contribution >= 4 is 25.5 Å². The molecule has 1 aliphatic carbocycles. The Morgan fingerprint density at radius 2 is 2.06 bits per heavy atom. The summed E-state index contributed by atoms with van der Waals surface area (Å²) in [6.45, 7) is 0. The van der Waals surface area contributed by atoms with Crippen molar-refractivity contribution in [3.05, 3.63) is 23.8 Å². The molecule has 1 saturated carbocycles. The third-order valence-corrected chi connectivity index (χ3v) is 4.00. The van der Waals surface area contributed by atoms with Gasteiger partial charge in [0.2, 0.25) is 0 Å². The van der Waals surface area contributed by atoms with Crippen LogP contribution in [-0.2, 0) is 9.05 Å². The van der Waals surface area contributed by atoms with E-state index in [-0.39, 0.29) is 22.3 Å². The van der Waals surface area contributed by atoms with E-state index in [0.29, 0.717) is 5.56 Å². The van der Waals surface area contributed by atoms with Crippen molar-refractivity contribution in [3.63, 3.8) is 0 Å². The van der Waals surface area contributed by atoms with Crippen LogP contribution in [-0.4, -0.2) is 21.3 Å². The van der Waals surface area contributed by atoms with E-state index in [4.69, 9.17) is 15.4 Å². The van der Waals surface area contributed by atoms with Crippen LogP contribution in [0.15, 0.2) is 23.1 Å². The van der Waals surface area contributed by atoms with Gasteiger partial charge in [-0.1, -0.05) is 0 Å². The Bertz CT molecular complexity index is 561. The fraction of sp³-hybridized carbons (Fsp3) is 0.364.